The number of piperidine rings is 1. The third kappa shape index (κ3) is 3.11. The highest BCUT2D eigenvalue weighted by atomic mass is 19.3. The summed E-state index contributed by atoms with van der Waals surface area (Å²) in [4.78, 5) is 2.14. The van der Waals surface area contributed by atoms with Crippen LogP contribution in [0.25, 0.3) is 0 Å². The van der Waals surface area contributed by atoms with Crippen LogP contribution < -0.4 is 0 Å². The molecule has 1 N–H and O–H groups in total. The fraction of sp³-hybridized carbons (Fsp3) is 1.00. The van der Waals surface area contributed by atoms with E-state index in [1.165, 1.54) is 0 Å². The molecule has 0 radical (unpaired) electrons. The number of rotatable bonds is 2. The zero-order chi connectivity index (χ0) is 10.9. The van der Waals surface area contributed by atoms with Crippen LogP contribution >= 0.6 is 0 Å². The zero-order valence-corrected chi connectivity index (χ0v) is 8.96. The Balaban J connectivity index is 1.77. The van der Waals surface area contributed by atoms with Crippen molar-refractivity contribution in [2.75, 3.05) is 19.6 Å². The molecule has 0 aromatic carbocycles. The first-order chi connectivity index (χ1) is 7.05. The first-order valence-corrected chi connectivity index (χ1v) is 5.83. The van der Waals surface area contributed by atoms with E-state index in [4.69, 9.17) is 0 Å². The van der Waals surface area contributed by atoms with Gasteiger partial charge in [0.05, 0.1) is 6.10 Å². The second kappa shape index (κ2) is 4.34. The Morgan fingerprint density at radius 2 is 2.13 bits per heavy atom. The fourth-order valence-corrected chi connectivity index (χ4v) is 2.76. The van der Waals surface area contributed by atoms with Crippen molar-refractivity contribution in [2.45, 2.75) is 44.1 Å². The molecule has 0 unspecified atom stereocenters. The minimum atomic E-state index is -2.43. The summed E-state index contributed by atoms with van der Waals surface area (Å²) < 4.78 is 25.9. The molecule has 2 aliphatic rings. The van der Waals surface area contributed by atoms with E-state index in [0.29, 0.717) is 13.0 Å². The molecule has 0 aromatic rings. The lowest BCUT2D eigenvalue weighted by Gasteiger charge is -2.31. The zero-order valence-electron chi connectivity index (χ0n) is 8.96. The molecule has 0 amide bonds. The number of halogens is 2. The minimum Gasteiger partial charge on any atom is -0.392 e. The highest BCUT2D eigenvalue weighted by molar-refractivity contribution is 4.84. The van der Waals surface area contributed by atoms with Crippen LogP contribution in [0.4, 0.5) is 8.78 Å². The topological polar surface area (TPSA) is 23.5 Å². The van der Waals surface area contributed by atoms with Gasteiger partial charge in [0.15, 0.2) is 0 Å². The number of nitrogens with zero attached hydrogens (tertiary/aromatic N) is 1. The van der Waals surface area contributed by atoms with E-state index >= 15 is 0 Å². The molecule has 0 aromatic heterocycles. The highest BCUT2D eigenvalue weighted by Crippen LogP contribution is 2.39. The summed E-state index contributed by atoms with van der Waals surface area (Å²) in [5, 5.41) is 9.47. The Labute approximate surface area is 89.3 Å². The summed E-state index contributed by atoms with van der Waals surface area (Å²) in [5.41, 5.74) is 0. The Morgan fingerprint density at radius 1 is 1.33 bits per heavy atom. The molecule has 4 heteroatoms. The van der Waals surface area contributed by atoms with Gasteiger partial charge in [0, 0.05) is 25.9 Å². The Kier molecular flexibility index (Phi) is 3.26. The number of alkyl halides is 2. The van der Waals surface area contributed by atoms with Crippen LogP contribution in [0, 0.1) is 5.92 Å². The normalized spacial score (nSPS) is 37.0. The van der Waals surface area contributed by atoms with E-state index in [9.17, 15) is 13.9 Å². The third-order valence-electron chi connectivity index (χ3n) is 3.50. The van der Waals surface area contributed by atoms with E-state index in [-0.39, 0.29) is 24.9 Å². The second-order valence-corrected chi connectivity index (χ2v) is 5.02. The summed E-state index contributed by atoms with van der Waals surface area (Å²) in [6.45, 7) is 2.37. The maximum absolute atomic E-state index is 13.0. The monoisotopic (exact) mass is 219 g/mol. The second-order valence-electron chi connectivity index (χ2n) is 5.02. The van der Waals surface area contributed by atoms with Crippen LogP contribution in [0.3, 0.4) is 0 Å². The number of hydrogen-bond acceptors (Lipinski definition) is 2. The van der Waals surface area contributed by atoms with Crippen molar-refractivity contribution in [3.63, 3.8) is 0 Å². The summed E-state index contributed by atoms with van der Waals surface area (Å²) >= 11 is 0. The molecule has 1 saturated carbocycles. The van der Waals surface area contributed by atoms with Crippen LogP contribution in [0.1, 0.15) is 32.1 Å². The van der Waals surface area contributed by atoms with Crippen LogP contribution in [-0.4, -0.2) is 41.7 Å². The molecule has 88 valence electrons. The van der Waals surface area contributed by atoms with Crippen molar-refractivity contribution in [1.82, 2.24) is 4.90 Å². The largest absolute Gasteiger partial charge is 0.392 e. The average molecular weight is 219 g/mol. The van der Waals surface area contributed by atoms with Crippen LogP contribution in [0.2, 0.25) is 0 Å². The highest BCUT2D eigenvalue weighted by Gasteiger charge is 2.40. The van der Waals surface area contributed by atoms with Gasteiger partial charge in [-0.2, -0.15) is 0 Å². The van der Waals surface area contributed by atoms with E-state index in [0.717, 1.165) is 25.9 Å². The predicted octanol–water partition coefficient (Wildman–Crippen LogP) is 1.88. The smallest absolute Gasteiger partial charge is 0.248 e. The summed E-state index contributed by atoms with van der Waals surface area (Å²) in [5.74, 6) is -2.30. The standard InChI is InChI=1S/C11H19F2NO/c12-11(13)4-3-9(6-11)7-14-5-1-2-10(15)8-14/h9-10,15H,1-8H2/t9-,10+/m1/s1. The van der Waals surface area contributed by atoms with Crippen molar-refractivity contribution in [3.05, 3.63) is 0 Å². The first-order valence-electron chi connectivity index (χ1n) is 5.83. The van der Waals surface area contributed by atoms with E-state index in [1.807, 2.05) is 0 Å². The molecule has 0 spiro atoms. The first kappa shape index (κ1) is 11.3. The Hall–Kier alpha value is -0.220. The lowest BCUT2D eigenvalue weighted by molar-refractivity contribution is 0.00132. The van der Waals surface area contributed by atoms with Crippen molar-refractivity contribution in [2.24, 2.45) is 5.92 Å². The molecule has 0 bridgehead atoms. The lowest BCUT2D eigenvalue weighted by Crippen LogP contribution is -2.40. The van der Waals surface area contributed by atoms with E-state index < -0.39 is 5.92 Å². The fourth-order valence-electron chi connectivity index (χ4n) is 2.76. The van der Waals surface area contributed by atoms with Gasteiger partial charge in [0.1, 0.15) is 0 Å². The van der Waals surface area contributed by atoms with Crippen molar-refractivity contribution in [3.8, 4) is 0 Å². The van der Waals surface area contributed by atoms with Gasteiger partial charge in [-0.25, -0.2) is 8.78 Å². The number of aliphatic hydroxyl groups excluding tert-OH is 1. The van der Waals surface area contributed by atoms with Crippen molar-refractivity contribution in [1.29, 1.82) is 0 Å². The molecular weight excluding hydrogens is 200 g/mol. The maximum Gasteiger partial charge on any atom is 0.248 e. The van der Waals surface area contributed by atoms with Gasteiger partial charge in [-0.15, -0.1) is 0 Å². The van der Waals surface area contributed by atoms with E-state index in [2.05, 4.69) is 4.90 Å². The van der Waals surface area contributed by atoms with Gasteiger partial charge in [0.25, 0.3) is 0 Å². The Morgan fingerprint density at radius 3 is 2.73 bits per heavy atom. The van der Waals surface area contributed by atoms with Crippen molar-refractivity contribution >= 4 is 0 Å². The van der Waals surface area contributed by atoms with E-state index in [1.54, 1.807) is 0 Å². The van der Waals surface area contributed by atoms with Crippen LogP contribution in [0.15, 0.2) is 0 Å². The third-order valence-corrected chi connectivity index (χ3v) is 3.50. The van der Waals surface area contributed by atoms with Gasteiger partial charge in [-0.05, 0) is 31.7 Å². The van der Waals surface area contributed by atoms with Gasteiger partial charge in [-0.1, -0.05) is 0 Å². The number of hydrogen-bond donors (Lipinski definition) is 1. The molecule has 1 heterocycles. The molecule has 1 saturated heterocycles. The molecule has 15 heavy (non-hydrogen) atoms. The molecular formula is C11H19F2NO. The number of likely N-dealkylation sites (tertiary alicyclic amines) is 1. The summed E-state index contributed by atoms with van der Waals surface area (Å²) in [6.07, 6.45) is 2.33. The van der Waals surface area contributed by atoms with Gasteiger partial charge >= 0.3 is 0 Å². The molecule has 2 fully saturated rings. The van der Waals surface area contributed by atoms with Crippen molar-refractivity contribution < 1.29 is 13.9 Å². The molecule has 2 nitrogen and oxygen atoms in total. The van der Waals surface area contributed by atoms with Gasteiger partial charge in [-0.3, -0.25) is 0 Å². The molecule has 2 rings (SSSR count). The van der Waals surface area contributed by atoms with Gasteiger partial charge in [0.2, 0.25) is 5.92 Å². The SMILES string of the molecule is O[C@H]1CCCN(C[C@@H]2CCC(F)(F)C2)C1. The quantitative estimate of drug-likeness (QED) is 0.766. The Bertz CT molecular complexity index is 223. The predicted molar refractivity (Wildman–Crippen MR) is 54.0 cm³/mol. The van der Waals surface area contributed by atoms with Crippen LogP contribution in [0.5, 0.6) is 0 Å². The average Bonchev–Trinajstić information content (AvgIpc) is 2.45. The molecule has 1 aliphatic heterocycles. The maximum atomic E-state index is 13.0. The minimum absolute atomic E-state index is 0.0413. The summed E-state index contributed by atoms with van der Waals surface area (Å²) in [6, 6.07) is 0. The number of aliphatic hydroxyl groups is 1. The molecule has 1 aliphatic carbocycles. The summed E-state index contributed by atoms with van der Waals surface area (Å²) in [7, 11) is 0. The lowest BCUT2D eigenvalue weighted by atomic mass is 10.0. The number of β-amino-alcohol motifs (C(OH)–C–C–N with tert-alkyl or cyclic N) is 1. The van der Waals surface area contributed by atoms with Gasteiger partial charge < -0.3 is 10.0 Å². The molecule has 2 atom stereocenters. The van der Waals surface area contributed by atoms with Crippen LogP contribution in [-0.2, 0) is 0 Å².